The number of thioether (sulfide) groups is 1. The average Bonchev–Trinajstić information content (AvgIpc) is 3.56. The van der Waals surface area contributed by atoms with E-state index in [9.17, 15) is 34.2 Å². The molecule has 1 aromatic heterocycles. The molecular weight excluding hydrogens is 735 g/mol. The molecule has 0 fully saturated rings. The third-order valence-corrected chi connectivity index (χ3v) is 9.67. The first-order valence-corrected chi connectivity index (χ1v) is 19.5. The van der Waals surface area contributed by atoms with Crippen LogP contribution in [0.4, 0.5) is 4.79 Å². The number of hydrogen-bond donors (Lipinski definition) is 7. The minimum Gasteiger partial charge on any atom is -0.508 e. The monoisotopic (exact) mass is 781 g/mol. The maximum absolute atomic E-state index is 14.0. The Morgan fingerprint density at radius 2 is 1.25 bits per heavy atom. The van der Waals surface area contributed by atoms with Gasteiger partial charge in [-0.15, -0.1) is 0 Å². The fourth-order valence-electron chi connectivity index (χ4n) is 6.31. The number of phenolic OH excluding ortho intramolecular Hbond substituents is 1. The summed E-state index contributed by atoms with van der Waals surface area (Å²) < 4.78 is 5.47. The Labute approximate surface area is 329 Å². The number of phenols is 1. The Morgan fingerprint density at radius 1 is 0.679 bits per heavy atom. The van der Waals surface area contributed by atoms with E-state index >= 15 is 0 Å². The zero-order chi connectivity index (χ0) is 40.4. The van der Waals surface area contributed by atoms with Crippen LogP contribution in [0.25, 0.3) is 21.7 Å². The van der Waals surface area contributed by atoms with Crippen molar-refractivity contribution in [3.63, 3.8) is 0 Å². The first-order valence-electron chi connectivity index (χ1n) is 18.1. The van der Waals surface area contributed by atoms with E-state index in [1.807, 2.05) is 66.7 Å². The number of aromatic amines is 1. The molecule has 0 spiro atoms. The van der Waals surface area contributed by atoms with Crippen molar-refractivity contribution >= 4 is 63.2 Å². The van der Waals surface area contributed by atoms with Crippen molar-refractivity contribution in [3.05, 3.63) is 114 Å². The van der Waals surface area contributed by atoms with Crippen LogP contribution in [0.3, 0.4) is 0 Å². The fraction of sp³-hybridized carbons (Fsp3) is 0.310. The summed E-state index contributed by atoms with van der Waals surface area (Å²) >= 11 is 1.28. The third kappa shape index (κ3) is 11.3. The summed E-state index contributed by atoms with van der Waals surface area (Å²) in [5.41, 5.74) is 2.03. The normalized spacial score (nSPS) is 13.6. The van der Waals surface area contributed by atoms with E-state index in [0.29, 0.717) is 11.1 Å². The number of benzene rings is 4. The van der Waals surface area contributed by atoms with Crippen molar-refractivity contribution in [2.75, 3.05) is 12.0 Å². The largest absolute Gasteiger partial charge is 0.508 e. The summed E-state index contributed by atoms with van der Waals surface area (Å²) in [6.07, 6.45) is 2.64. The van der Waals surface area contributed by atoms with Crippen molar-refractivity contribution in [3.8, 4) is 5.75 Å². The third-order valence-electron chi connectivity index (χ3n) is 9.00. The second-order valence-corrected chi connectivity index (χ2v) is 15.4. The van der Waals surface area contributed by atoms with Crippen LogP contribution in [-0.4, -0.2) is 86.8 Å². The Balaban J connectivity index is 1.37. The Morgan fingerprint density at radius 3 is 1.93 bits per heavy atom. The molecule has 14 heteroatoms. The minimum absolute atomic E-state index is 0.00394. The SMILES string of the molecule is CSCC(NC(=O)C(Cc1cccc2ccccc12)NC(=O)OC(C)(C)C)C(=O)NC(Cc1ccc(O)cc1)C(=O)NC(Cc1c[nH]c2ccccc12)C(=O)O. The number of H-pyrrole nitrogens is 1. The van der Waals surface area contributed by atoms with Gasteiger partial charge < -0.3 is 41.2 Å². The van der Waals surface area contributed by atoms with Crippen molar-refractivity contribution in [2.24, 2.45) is 0 Å². The molecular formula is C42H47N5O8S. The van der Waals surface area contributed by atoms with Crippen LogP contribution in [0.2, 0.25) is 0 Å². The van der Waals surface area contributed by atoms with Gasteiger partial charge in [-0.25, -0.2) is 9.59 Å². The number of aromatic nitrogens is 1. The fourth-order valence-corrected chi connectivity index (χ4v) is 6.88. The number of aliphatic carboxylic acids is 1. The van der Waals surface area contributed by atoms with Gasteiger partial charge in [0.2, 0.25) is 17.7 Å². The molecule has 294 valence electrons. The van der Waals surface area contributed by atoms with Gasteiger partial charge in [-0.2, -0.15) is 11.8 Å². The number of nitrogens with one attached hydrogen (secondary N) is 5. The molecule has 0 radical (unpaired) electrons. The molecule has 4 unspecified atom stereocenters. The van der Waals surface area contributed by atoms with E-state index in [0.717, 1.165) is 27.2 Å². The molecule has 0 aliphatic heterocycles. The molecule has 1 heterocycles. The van der Waals surface area contributed by atoms with Crippen LogP contribution in [0.5, 0.6) is 5.75 Å². The van der Waals surface area contributed by atoms with E-state index in [-0.39, 0.29) is 30.8 Å². The molecule has 4 amide bonds. The van der Waals surface area contributed by atoms with Gasteiger partial charge in [0, 0.05) is 42.1 Å². The van der Waals surface area contributed by atoms with Gasteiger partial charge in [-0.1, -0.05) is 72.8 Å². The molecule has 5 rings (SSSR count). The number of rotatable bonds is 16. The van der Waals surface area contributed by atoms with Gasteiger partial charge in [0.05, 0.1) is 0 Å². The molecule has 0 bridgehead atoms. The first kappa shape index (κ1) is 41.1. The number of ether oxygens (including phenoxy) is 1. The number of aromatic hydroxyl groups is 1. The van der Waals surface area contributed by atoms with E-state index in [2.05, 4.69) is 26.3 Å². The first-order chi connectivity index (χ1) is 26.7. The zero-order valence-electron chi connectivity index (χ0n) is 31.6. The molecule has 0 saturated heterocycles. The minimum atomic E-state index is -1.34. The van der Waals surface area contributed by atoms with E-state index in [1.165, 1.54) is 23.9 Å². The number of carbonyl (C=O) groups is 5. The van der Waals surface area contributed by atoms with Crippen molar-refractivity contribution in [2.45, 2.75) is 69.8 Å². The van der Waals surface area contributed by atoms with Gasteiger partial charge >= 0.3 is 12.1 Å². The summed E-state index contributed by atoms with van der Waals surface area (Å²) in [7, 11) is 0. The van der Waals surface area contributed by atoms with Crippen molar-refractivity contribution in [1.82, 2.24) is 26.3 Å². The highest BCUT2D eigenvalue weighted by molar-refractivity contribution is 7.98. The lowest BCUT2D eigenvalue weighted by atomic mass is 9.98. The van der Waals surface area contributed by atoms with Crippen molar-refractivity contribution < 1.29 is 38.9 Å². The average molecular weight is 782 g/mol. The van der Waals surface area contributed by atoms with Crippen LogP contribution >= 0.6 is 11.8 Å². The van der Waals surface area contributed by atoms with Gasteiger partial charge in [-0.05, 0) is 72.7 Å². The second kappa shape index (κ2) is 18.5. The molecule has 7 N–H and O–H groups in total. The summed E-state index contributed by atoms with van der Waals surface area (Å²) in [5.74, 6) is -3.26. The van der Waals surface area contributed by atoms with Gasteiger partial charge in [-0.3, -0.25) is 14.4 Å². The topological polar surface area (TPSA) is 199 Å². The van der Waals surface area contributed by atoms with Gasteiger partial charge in [0.25, 0.3) is 0 Å². The lowest BCUT2D eigenvalue weighted by Crippen LogP contribution is -2.59. The van der Waals surface area contributed by atoms with E-state index < -0.39 is 59.6 Å². The Hall–Kier alpha value is -6.02. The maximum Gasteiger partial charge on any atom is 0.408 e. The number of hydrogen-bond acceptors (Lipinski definition) is 8. The van der Waals surface area contributed by atoms with E-state index in [1.54, 1.807) is 45.4 Å². The summed E-state index contributed by atoms with van der Waals surface area (Å²) in [6, 6.07) is 21.8. The zero-order valence-corrected chi connectivity index (χ0v) is 32.4. The molecule has 13 nitrogen and oxygen atoms in total. The smallest absolute Gasteiger partial charge is 0.408 e. The molecule has 4 aromatic carbocycles. The van der Waals surface area contributed by atoms with Crippen LogP contribution in [0, 0.1) is 0 Å². The Bertz CT molecular complexity index is 2180. The number of carbonyl (C=O) groups excluding carboxylic acids is 4. The number of fused-ring (bicyclic) bond motifs is 2. The summed E-state index contributed by atoms with van der Waals surface area (Å²) in [6.45, 7) is 5.12. The molecule has 56 heavy (non-hydrogen) atoms. The van der Waals surface area contributed by atoms with Crippen LogP contribution in [-0.2, 0) is 43.2 Å². The molecule has 0 aliphatic rings. The summed E-state index contributed by atoms with van der Waals surface area (Å²) in [5, 5.41) is 33.4. The molecule has 0 aliphatic carbocycles. The lowest BCUT2D eigenvalue weighted by molar-refractivity contribution is -0.142. The number of para-hydroxylation sites is 1. The number of carboxylic acids is 1. The lowest BCUT2D eigenvalue weighted by Gasteiger charge is -2.27. The molecule has 0 saturated carbocycles. The van der Waals surface area contributed by atoms with Crippen LogP contribution < -0.4 is 21.3 Å². The molecule has 4 atom stereocenters. The maximum atomic E-state index is 14.0. The second-order valence-electron chi connectivity index (χ2n) is 14.5. The van der Waals surface area contributed by atoms with Crippen molar-refractivity contribution in [1.29, 1.82) is 0 Å². The van der Waals surface area contributed by atoms with Crippen LogP contribution in [0.1, 0.15) is 37.5 Å². The van der Waals surface area contributed by atoms with E-state index in [4.69, 9.17) is 4.74 Å². The van der Waals surface area contributed by atoms with Gasteiger partial charge in [0.15, 0.2) is 0 Å². The quantitative estimate of drug-likeness (QED) is 0.0732. The Kier molecular flexibility index (Phi) is 13.6. The predicted molar refractivity (Wildman–Crippen MR) is 216 cm³/mol. The predicted octanol–water partition coefficient (Wildman–Crippen LogP) is 4.85. The number of amides is 4. The van der Waals surface area contributed by atoms with Gasteiger partial charge in [0.1, 0.15) is 35.5 Å². The molecule has 5 aromatic rings. The highest BCUT2D eigenvalue weighted by atomic mass is 32.2. The number of carboxylic acid groups (broad SMARTS) is 1. The van der Waals surface area contributed by atoms with Crippen LogP contribution in [0.15, 0.2) is 97.2 Å². The standard InChI is InChI=1S/C42H47N5O8S/c1-42(2,3)55-41(54)47-34(21-27-12-9-11-26-10-5-6-13-30(26)27)38(50)46-36(24-56-4)39(51)44-33(20-25-16-18-29(48)19-17-25)37(49)45-35(40(52)53)22-28-23-43-32-15-8-7-14-31(28)32/h5-19,23,33-36,43,48H,20-22,24H2,1-4H3,(H,44,51)(H,45,49)(H,46,50)(H,47,54)(H,52,53). The number of alkyl carbamates (subject to hydrolysis) is 1. The highest BCUT2D eigenvalue weighted by Gasteiger charge is 2.33. The highest BCUT2D eigenvalue weighted by Crippen LogP contribution is 2.22. The summed E-state index contributed by atoms with van der Waals surface area (Å²) in [4.78, 5) is 70.5.